The van der Waals surface area contributed by atoms with Crippen LogP contribution in [-0.4, -0.2) is 38.4 Å². The standard InChI is InChI=1S/C21H30N2O3Si/c1-21(2,3)27(6,7)26-15-16-8-10-17(11-9-16)19-14-18(12-13-22-19)20(24)23(4)25-5/h8-14H,15H2,1-7H3. The van der Waals surface area contributed by atoms with Crippen molar-refractivity contribution in [2.75, 3.05) is 14.2 Å². The van der Waals surface area contributed by atoms with Gasteiger partial charge in [0.1, 0.15) is 0 Å². The largest absolute Gasteiger partial charge is 0.413 e. The summed E-state index contributed by atoms with van der Waals surface area (Å²) in [5.74, 6) is -0.208. The number of hydrogen-bond acceptors (Lipinski definition) is 4. The van der Waals surface area contributed by atoms with Gasteiger partial charge in [0.2, 0.25) is 0 Å². The zero-order chi connectivity index (χ0) is 20.2. The lowest BCUT2D eigenvalue weighted by Gasteiger charge is -2.36. The summed E-state index contributed by atoms with van der Waals surface area (Å²) in [6.45, 7) is 11.8. The molecule has 6 heteroatoms. The van der Waals surface area contributed by atoms with E-state index < -0.39 is 8.32 Å². The summed E-state index contributed by atoms with van der Waals surface area (Å²) in [6.07, 6.45) is 1.64. The van der Waals surface area contributed by atoms with E-state index in [2.05, 4.69) is 51.0 Å². The topological polar surface area (TPSA) is 51.7 Å². The highest BCUT2D eigenvalue weighted by molar-refractivity contribution is 6.74. The second-order valence-electron chi connectivity index (χ2n) is 8.16. The first-order chi connectivity index (χ1) is 12.5. The minimum absolute atomic E-state index is 0.194. The molecular formula is C21H30N2O3Si. The van der Waals surface area contributed by atoms with Crippen molar-refractivity contribution in [2.24, 2.45) is 0 Å². The Morgan fingerprint density at radius 1 is 1.15 bits per heavy atom. The molecule has 2 aromatic rings. The molecule has 1 aromatic carbocycles. The number of carbonyl (C=O) groups excluding carboxylic acids is 1. The van der Waals surface area contributed by atoms with E-state index in [0.717, 1.165) is 16.8 Å². The Kier molecular flexibility index (Phi) is 6.57. The van der Waals surface area contributed by atoms with E-state index in [4.69, 9.17) is 9.26 Å². The van der Waals surface area contributed by atoms with Crippen LogP contribution in [0.5, 0.6) is 0 Å². The molecule has 0 aliphatic carbocycles. The number of nitrogens with zero attached hydrogens (tertiary/aromatic N) is 2. The van der Waals surface area contributed by atoms with Crippen molar-refractivity contribution in [2.45, 2.75) is 45.5 Å². The number of rotatable bonds is 6. The highest BCUT2D eigenvalue weighted by Crippen LogP contribution is 2.37. The number of aromatic nitrogens is 1. The summed E-state index contributed by atoms with van der Waals surface area (Å²) >= 11 is 0. The highest BCUT2D eigenvalue weighted by atomic mass is 28.4. The quantitative estimate of drug-likeness (QED) is 0.523. The first-order valence-corrected chi connectivity index (χ1v) is 12.0. The van der Waals surface area contributed by atoms with Gasteiger partial charge in [-0.25, -0.2) is 5.06 Å². The zero-order valence-corrected chi connectivity index (χ0v) is 18.4. The molecule has 2 rings (SSSR count). The molecule has 1 aromatic heterocycles. The molecule has 0 unspecified atom stereocenters. The first-order valence-electron chi connectivity index (χ1n) is 9.06. The molecule has 1 amide bonds. The molecule has 1 heterocycles. The highest BCUT2D eigenvalue weighted by Gasteiger charge is 2.36. The molecule has 0 aliphatic heterocycles. The number of carbonyl (C=O) groups is 1. The summed E-state index contributed by atoms with van der Waals surface area (Å²) in [4.78, 5) is 21.6. The number of pyridine rings is 1. The van der Waals surface area contributed by atoms with Gasteiger partial charge in [0.15, 0.2) is 8.32 Å². The molecule has 0 bridgehead atoms. The maximum atomic E-state index is 12.2. The second-order valence-corrected chi connectivity index (χ2v) is 13.0. The zero-order valence-electron chi connectivity index (χ0n) is 17.4. The van der Waals surface area contributed by atoms with Crippen LogP contribution in [0.15, 0.2) is 42.6 Å². The van der Waals surface area contributed by atoms with E-state index in [0.29, 0.717) is 12.2 Å². The molecule has 146 valence electrons. The predicted octanol–water partition coefficient (Wildman–Crippen LogP) is 4.90. The minimum Gasteiger partial charge on any atom is -0.413 e. The maximum absolute atomic E-state index is 12.2. The van der Waals surface area contributed by atoms with Crippen molar-refractivity contribution < 1.29 is 14.1 Å². The number of benzene rings is 1. The van der Waals surface area contributed by atoms with Gasteiger partial charge in [-0.05, 0) is 35.8 Å². The van der Waals surface area contributed by atoms with Gasteiger partial charge < -0.3 is 4.43 Å². The molecule has 0 saturated heterocycles. The van der Waals surface area contributed by atoms with E-state index >= 15 is 0 Å². The van der Waals surface area contributed by atoms with Crippen molar-refractivity contribution in [3.05, 3.63) is 53.7 Å². The number of amides is 1. The fraction of sp³-hybridized carbons (Fsp3) is 0.429. The minimum atomic E-state index is -1.77. The molecule has 0 saturated carbocycles. The third-order valence-electron chi connectivity index (χ3n) is 5.22. The van der Waals surface area contributed by atoms with Gasteiger partial charge in [-0.2, -0.15) is 0 Å². The van der Waals surface area contributed by atoms with Crippen LogP contribution < -0.4 is 0 Å². The Morgan fingerprint density at radius 2 is 1.78 bits per heavy atom. The molecule has 0 N–H and O–H groups in total. The molecule has 5 nitrogen and oxygen atoms in total. The van der Waals surface area contributed by atoms with Crippen LogP contribution in [0, 0.1) is 0 Å². The normalized spacial score (nSPS) is 12.1. The molecule has 27 heavy (non-hydrogen) atoms. The van der Waals surface area contributed by atoms with Gasteiger partial charge in [-0.1, -0.05) is 45.0 Å². The van der Waals surface area contributed by atoms with Crippen LogP contribution in [0.25, 0.3) is 11.3 Å². The lowest BCUT2D eigenvalue weighted by Crippen LogP contribution is -2.40. The Hall–Kier alpha value is -2.02. The van der Waals surface area contributed by atoms with E-state index in [-0.39, 0.29) is 10.9 Å². The molecular weight excluding hydrogens is 356 g/mol. The van der Waals surface area contributed by atoms with E-state index in [1.165, 1.54) is 12.2 Å². The van der Waals surface area contributed by atoms with E-state index in [9.17, 15) is 4.79 Å². The van der Waals surface area contributed by atoms with Crippen molar-refractivity contribution >= 4 is 14.2 Å². The number of hydrogen-bond donors (Lipinski definition) is 0. The lowest BCUT2D eigenvalue weighted by atomic mass is 10.1. The van der Waals surface area contributed by atoms with Crippen molar-refractivity contribution in [1.82, 2.24) is 10.0 Å². The lowest BCUT2D eigenvalue weighted by molar-refractivity contribution is -0.0757. The fourth-order valence-corrected chi connectivity index (χ4v) is 3.20. The molecule has 0 radical (unpaired) electrons. The second kappa shape index (κ2) is 8.33. The monoisotopic (exact) mass is 386 g/mol. The van der Waals surface area contributed by atoms with Crippen LogP contribution in [0.1, 0.15) is 36.7 Å². The smallest absolute Gasteiger partial charge is 0.277 e. The van der Waals surface area contributed by atoms with Crippen LogP contribution in [0.2, 0.25) is 18.1 Å². The third-order valence-corrected chi connectivity index (χ3v) is 9.70. The van der Waals surface area contributed by atoms with Gasteiger partial charge in [-0.15, -0.1) is 0 Å². The Morgan fingerprint density at radius 3 is 2.33 bits per heavy atom. The van der Waals surface area contributed by atoms with Crippen molar-refractivity contribution in [1.29, 1.82) is 0 Å². The van der Waals surface area contributed by atoms with E-state index in [1.807, 2.05) is 12.1 Å². The maximum Gasteiger partial charge on any atom is 0.277 e. The van der Waals surface area contributed by atoms with Crippen LogP contribution >= 0.6 is 0 Å². The average Bonchev–Trinajstić information content (AvgIpc) is 2.64. The third kappa shape index (κ3) is 5.25. The summed E-state index contributed by atoms with van der Waals surface area (Å²) < 4.78 is 6.27. The van der Waals surface area contributed by atoms with Gasteiger partial charge >= 0.3 is 0 Å². The SMILES string of the molecule is CON(C)C(=O)c1ccnc(-c2ccc(CO[Si](C)(C)C(C)(C)C)cc2)c1. The van der Waals surface area contributed by atoms with Gasteiger partial charge in [0, 0.05) is 24.4 Å². The average molecular weight is 387 g/mol. The summed E-state index contributed by atoms with van der Waals surface area (Å²) in [6, 6.07) is 11.6. The molecule has 0 spiro atoms. The number of hydroxylamine groups is 2. The van der Waals surface area contributed by atoms with Crippen LogP contribution in [0.4, 0.5) is 0 Å². The predicted molar refractivity (Wildman–Crippen MR) is 111 cm³/mol. The van der Waals surface area contributed by atoms with Crippen LogP contribution in [-0.2, 0) is 15.9 Å². The summed E-state index contributed by atoms with van der Waals surface area (Å²) in [5, 5.41) is 1.39. The first kappa shape index (κ1) is 21.3. The van der Waals surface area contributed by atoms with Gasteiger partial charge in [-0.3, -0.25) is 14.6 Å². The Balaban J connectivity index is 2.13. The summed E-state index contributed by atoms with van der Waals surface area (Å²) in [7, 11) is 1.28. The fourth-order valence-electron chi connectivity index (χ4n) is 2.24. The Labute approximate surface area is 163 Å². The Bertz CT molecular complexity index is 783. The van der Waals surface area contributed by atoms with Crippen molar-refractivity contribution in [3.63, 3.8) is 0 Å². The summed E-state index contributed by atoms with van der Waals surface area (Å²) in [5.41, 5.74) is 3.38. The van der Waals surface area contributed by atoms with Gasteiger partial charge in [0.25, 0.3) is 5.91 Å². The molecule has 0 aliphatic rings. The van der Waals surface area contributed by atoms with Crippen LogP contribution in [0.3, 0.4) is 0 Å². The van der Waals surface area contributed by atoms with E-state index in [1.54, 1.807) is 25.4 Å². The molecule has 0 atom stereocenters. The van der Waals surface area contributed by atoms with Crippen molar-refractivity contribution in [3.8, 4) is 11.3 Å². The van der Waals surface area contributed by atoms with Gasteiger partial charge in [0.05, 0.1) is 19.4 Å². The molecule has 0 fully saturated rings.